The molecule has 1 aromatic heterocycles. The normalized spacial score (nSPS) is 12.7. The average molecular weight is 301 g/mol. The summed E-state index contributed by atoms with van der Waals surface area (Å²) < 4.78 is 10.6. The molecule has 1 amide bonds. The van der Waals surface area contributed by atoms with E-state index in [1.165, 1.54) is 0 Å². The van der Waals surface area contributed by atoms with Crippen LogP contribution in [0.2, 0.25) is 0 Å². The lowest BCUT2D eigenvalue weighted by molar-refractivity contribution is 0.0949. The zero-order valence-corrected chi connectivity index (χ0v) is 12.7. The van der Waals surface area contributed by atoms with Crippen LogP contribution in [0.5, 0.6) is 11.5 Å². The number of fused-ring (bicyclic) bond motifs is 1. The molecule has 0 bridgehead atoms. The first-order chi connectivity index (χ1) is 10.6. The molecule has 3 rings (SSSR count). The van der Waals surface area contributed by atoms with Gasteiger partial charge in [-0.15, -0.1) is 0 Å². The molecule has 0 spiro atoms. The van der Waals surface area contributed by atoms with Gasteiger partial charge in [0.2, 0.25) is 6.79 Å². The molecule has 2 heterocycles. The van der Waals surface area contributed by atoms with Gasteiger partial charge in [-0.1, -0.05) is 19.9 Å². The van der Waals surface area contributed by atoms with Gasteiger partial charge in [-0.05, 0) is 36.1 Å². The van der Waals surface area contributed by atoms with Gasteiger partial charge < -0.3 is 14.8 Å². The van der Waals surface area contributed by atoms with Gasteiger partial charge in [-0.3, -0.25) is 9.89 Å². The fourth-order valence-corrected chi connectivity index (χ4v) is 2.26. The zero-order valence-electron chi connectivity index (χ0n) is 12.7. The molecule has 6 heteroatoms. The summed E-state index contributed by atoms with van der Waals surface area (Å²) in [7, 11) is 0. The minimum atomic E-state index is -0.163. The smallest absolute Gasteiger partial charge is 0.271 e. The summed E-state index contributed by atoms with van der Waals surface area (Å²) in [6, 6.07) is 7.60. The van der Waals surface area contributed by atoms with E-state index in [1.807, 2.05) is 18.2 Å². The number of ether oxygens (including phenoxy) is 2. The number of aromatic amines is 1. The summed E-state index contributed by atoms with van der Waals surface area (Å²) in [6.45, 7) is 4.92. The van der Waals surface area contributed by atoms with Crippen molar-refractivity contribution in [2.45, 2.75) is 26.2 Å². The van der Waals surface area contributed by atoms with Gasteiger partial charge in [0.1, 0.15) is 5.69 Å². The summed E-state index contributed by atoms with van der Waals surface area (Å²) in [4.78, 5) is 12.0. The molecule has 0 saturated heterocycles. The van der Waals surface area contributed by atoms with Crippen molar-refractivity contribution in [2.24, 2.45) is 0 Å². The molecule has 116 valence electrons. The van der Waals surface area contributed by atoms with Crippen molar-refractivity contribution in [2.75, 3.05) is 13.3 Å². The quantitative estimate of drug-likeness (QED) is 0.888. The minimum Gasteiger partial charge on any atom is -0.454 e. The van der Waals surface area contributed by atoms with Crippen LogP contribution in [0.4, 0.5) is 0 Å². The standard InChI is InChI=1S/C16H19N3O3/c1-10(2)12-8-13(19-18-12)16(20)17-6-5-11-3-4-14-15(7-11)22-9-21-14/h3-4,7-8,10H,5-6,9H2,1-2H3,(H,17,20)(H,18,19). The molecule has 0 aliphatic carbocycles. The fraction of sp³-hybridized carbons (Fsp3) is 0.375. The number of H-pyrrole nitrogens is 1. The third-order valence-electron chi connectivity index (χ3n) is 3.59. The number of rotatable bonds is 5. The number of amides is 1. The Morgan fingerprint density at radius 1 is 1.32 bits per heavy atom. The molecule has 0 radical (unpaired) electrons. The number of carbonyl (C=O) groups is 1. The molecule has 6 nitrogen and oxygen atoms in total. The number of aromatic nitrogens is 2. The molecule has 22 heavy (non-hydrogen) atoms. The van der Waals surface area contributed by atoms with E-state index in [0.717, 1.165) is 29.2 Å². The second-order valence-electron chi connectivity index (χ2n) is 5.56. The molecule has 0 unspecified atom stereocenters. The Kier molecular flexibility index (Phi) is 4.00. The summed E-state index contributed by atoms with van der Waals surface area (Å²) in [5.41, 5.74) is 2.48. The number of nitrogens with zero attached hydrogens (tertiary/aromatic N) is 1. The summed E-state index contributed by atoms with van der Waals surface area (Å²) in [6.07, 6.45) is 0.726. The third-order valence-corrected chi connectivity index (χ3v) is 3.59. The minimum absolute atomic E-state index is 0.163. The second-order valence-corrected chi connectivity index (χ2v) is 5.56. The summed E-state index contributed by atoms with van der Waals surface area (Å²) in [5.74, 6) is 1.69. The lowest BCUT2D eigenvalue weighted by Crippen LogP contribution is -2.26. The first-order valence-corrected chi connectivity index (χ1v) is 7.35. The van der Waals surface area contributed by atoms with Crippen LogP contribution in [-0.2, 0) is 6.42 Å². The molecule has 2 N–H and O–H groups in total. The van der Waals surface area contributed by atoms with Gasteiger partial charge in [0.15, 0.2) is 11.5 Å². The van der Waals surface area contributed by atoms with Gasteiger partial charge in [0, 0.05) is 12.2 Å². The molecule has 0 saturated carbocycles. The first-order valence-electron chi connectivity index (χ1n) is 7.35. The van der Waals surface area contributed by atoms with Crippen LogP contribution in [0.3, 0.4) is 0 Å². The maximum Gasteiger partial charge on any atom is 0.271 e. The predicted molar refractivity (Wildman–Crippen MR) is 81.3 cm³/mol. The molecule has 1 aromatic carbocycles. The van der Waals surface area contributed by atoms with E-state index in [9.17, 15) is 4.79 Å². The summed E-state index contributed by atoms with van der Waals surface area (Å²) >= 11 is 0. The first kappa shape index (κ1) is 14.4. The van der Waals surface area contributed by atoms with Gasteiger partial charge >= 0.3 is 0 Å². The lowest BCUT2D eigenvalue weighted by Gasteiger charge is -2.04. The SMILES string of the molecule is CC(C)c1cc(C(=O)NCCc2ccc3c(c2)OCO3)n[nH]1. The van der Waals surface area contributed by atoms with Crippen molar-refractivity contribution in [1.82, 2.24) is 15.5 Å². The monoisotopic (exact) mass is 301 g/mol. The van der Waals surface area contributed by atoms with E-state index in [0.29, 0.717) is 18.2 Å². The van der Waals surface area contributed by atoms with Gasteiger partial charge in [-0.25, -0.2) is 0 Å². The van der Waals surface area contributed by atoms with Crippen LogP contribution in [0.15, 0.2) is 24.3 Å². The number of hydrogen-bond acceptors (Lipinski definition) is 4. The van der Waals surface area contributed by atoms with Crippen LogP contribution in [-0.4, -0.2) is 29.4 Å². The number of hydrogen-bond donors (Lipinski definition) is 2. The van der Waals surface area contributed by atoms with Gasteiger partial charge in [0.25, 0.3) is 5.91 Å². The van der Waals surface area contributed by atoms with Crippen LogP contribution in [0.1, 0.15) is 41.5 Å². The number of benzene rings is 1. The second kappa shape index (κ2) is 6.09. The van der Waals surface area contributed by atoms with Crippen molar-refractivity contribution < 1.29 is 14.3 Å². The van der Waals surface area contributed by atoms with Crippen LogP contribution in [0, 0.1) is 0 Å². The molecular formula is C16H19N3O3. The molecule has 0 fully saturated rings. The fourth-order valence-electron chi connectivity index (χ4n) is 2.26. The summed E-state index contributed by atoms with van der Waals surface area (Å²) in [5, 5.41) is 9.79. The maximum atomic E-state index is 12.0. The highest BCUT2D eigenvalue weighted by Crippen LogP contribution is 2.32. The molecular weight excluding hydrogens is 282 g/mol. The van der Waals surface area contributed by atoms with E-state index in [-0.39, 0.29) is 12.7 Å². The maximum absolute atomic E-state index is 12.0. The highest BCUT2D eigenvalue weighted by atomic mass is 16.7. The highest BCUT2D eigenvalue weighted by molar-refractivity contribution is 5.92. The third kappa shape index (κ3) is 3.05. The Bertz CT molecular complexity index is 679. The van der Waals surface area contributed by atoms with Crippen molar-refractivity contribution in [3.8, 4) is 11.5 Å². The van der Waals surface area contributed by atoms with E-state index >= 15 is 0 Å². The van der Waals surface area contributed by atoms with Crippen LogP contribution in [0.25, 0.3) is 0 Å². The van der Waals surface area contributed by atoms with Crippen molar-refractivity contribution in [1.29, 1.82) is 0 Å². The van der Waals surface area contributed by atoms with Crippen molar-refractivity contribution in [3.63, 3.8) is 0 Å². The molecule has 2 aromatic rings. The van der Waals surface area contributed by atoms with E-state index in [4.69, 9.17) is 9.47 Å². The van der Waals surface area contributed by atoms with Crippen molar-refractivity contribution >= 4 is 5.91 Å². The number of nitrogens with one attached hydrogen (secondary N) is 2. The Morgan fingerprint density at radius 3 is 2.91 bits per heavy atom. The number of carbonyl (C=O) groups excluding carboxylic acids is 1. The van der Waals surface area contributed by atoms with Crippen LogP contribution < -0.4 is 14.8 Å². The largest absolute Gasteiger partial charge is 0.454 e. The molecule has 1 aliphatic heterocycles. The van der Waals surface area contributed by atoms with Crippen molar-refractivity contribution in [3.05, 3.63) is 41.2 Å². The van der Waals surface area contributed by atoms with E-state index in [2.05, 4.69) is 29.4 Å². The Morgan fingerprint density at radius 2 is 2.14 bits per heavy atom. The Hall–Kier alpha value is -2.50. The lowest BCUT2D eigenvalue weighted by atomic mass is 10.1. The predicted octanol–water partition coefficient (Wildman–Crippen LogP) is 2.23. The average Bonchev–Trinajstić information content (AvgIpc) is 3.16. The van der Waals surface area contributed by atoms with Gasteiger partial charge in [0.05, 0.1) is 0 Å². The van der Waals surface area contributed by atoms with Crippen LogP contribution >= 0.6 is 0 Å². The highest BCUT2D eigenvalue weighted by Gasteiger charge is 2.14. The topological polar surface area (TPSA) is 76.2 Å². The zero-order chi connectivity index (χ0) is 15.5. The Balaban J connectivity index is 1.53. The van der Waals surface area contributed by atoms with E-state index in [1.54, 1.807) is 6.07 Å². The molecule has 1 aliphatic rings. The van der Waals surface area contributed by atoms with E-state index < -0.39 is 0 Å². The Labute approximate surface area is 128 Å². The van der Waals surface area contributed by atoms with Gasteiger partial charge in [-0.2, -0.15) is 5.10 Å². The molecule has 0 atom stereocenters.